The molecule has 0 saturated carbocycles. The molecule has 7 aromatic rings. The summed E-state index contributed by atoms with van der Waals surface area (Å²) in [5.74, 6) is 1.75. The predicted molar refractivity (Wildman–Crippen MR) is 128 cm³/mol. The van der Waals surface area contributed by atoms with E-state index in [4.69, 9.17) is 8.83 Å². The highest BCUT2D eigenvalue weighted by Crippen LogP contribution is 2.40. The Labute approximate surface area is 183 Å². The van der Waals surface area contributed by atoms with Crippen molar-refractivity contribution in [1.82, 2.24) is 4.57 Å². The molecule has 0 radical (unpaired) electrons. The van der Waals surface area contributed by atoms with Crippen LogP contribution in [0.1, 0.15) is 11.4 Å². The van der Waals surface area contributed by atoms with Crippen molar-refractivity contribution in [2.45, 2.75) is 13.8 Å². The Morgan fingerprint density at radius 2 is 1.41 bits per heavy atom. The second kappa shape index (κ2) is 6.01. The summed E-state index contributed by atoms with van der Waals surface area (Å²) >= 11 is 0. The Balaban J connectivity index is 1.63. The Bertz CT molecular complexity index is 1860. The molecule has 0 fully saturated rings. The smallest absolute Gasteiger partial charge is 0.299 e. The van der Waals surface area contributed by atoms with E-state index in [2.05, 4.69) is 103 Å². The molecule has 0 atom stereocenters. The highest BCUT2D eigenvalue weighted by molar-refractivity contribution is 6.20. The topological polar surface area (TPSA) is 35.1 Å². The fourth-order valence-electron chi connectivity index (χ4n) is 5.09. The van der Waals surface area contributed by atoms with Gasteiger partial charge in [0.25, 0.3) is 11.6 Å². The van der Waals surface area contributed by atoms with E-state index in [-0.39, 0.29) is 0 Å². The van der Waals surface area contributed by atoms with Gasteiger partial charge in [-0.15, -0.1) is 0 Å². The van der Waals surface area contributed by atoms with Gasteiger partial charge in [-0.2, -0.15) is 4.57 Å². The molecular formula is C28H21N2O2+. The summed E-state index contributed by atoms with van der Waals surface area (Å²) in [5, 5.41) is 5.57. The molecule has 0 aliphatic heterocycles. The van der Waals surface area contributed by atoms with Crippen molar-refractivity contribution in [3.63, 3.8) is 0 Å². The van der Waals surface area contributed by atoms with Crippen molar-refractivity contribution in [3.05, 3.63) is 84.2 Å². The van der Waals surface area contributed by atoms with Crippen molar-refractivity contribution < 1.29 is 13.4 Å². The molecule has 7 rings (SSSR count). The van der Waals surface area contributed by atoms with Crippen LogP contribution in [0.4, 0.5) is 0 Å². The zero-order valence-electron chi connectivity index (χ0n) is 18.1. The Hall–Kier alpha value is -4.05. The normalized spacial score (nSPS) is 12.2. The summed E-state index contributed by atoms with van der Waals surface area (Å²) < 4.78 is 16.9. The average Bonchev–Trinajstić information content (AvgIpc) is 3.40. The molecule has 0 aliphatic carbocycles. The summed E-state index contributed by atoms with van der Waals surface area (Å²) in [7, 11) is 2.10. The van der Waals surface area contributed by atoms with Crippen LogP contribution in [0, 0.1) is 13.8 Å². The molecule has 4 aromatic carbocycles. The summed E-state index contributed by atoms with van der Waals surface area (Å²) in [6, 6.07) is 25.6. The molecule has 0 spiro atoms. The van der Waals surface area contributed by atoms with Gasteiger partial charge in [0.1, 0.15) is 16.9 Å². The van der Waals surface area contributed by atoms with Gasteiger partial charge in [-0.1, -0.05) is 42.5 Å². The first-order valence-corrected chi connectivity index (χ1v) is 10.8. The molecule has 32 heavy (non-hydrogen) atoms. The second-order valence-electron chi connectivity index (χ2n) is 8.63. The molecule has 0 unspecified atom stereocenters. The van der Waals surface area contributed by atoms with Gasteiger partial charge in [0.2, 0.25) is 0 Å². The third kappa shape index (κ3) is 2.19. The van der Waals surface area contributed by atoms with E-state index >= 15 is 0 Å². The maximum absolute atomic E-state index is 6.22. The molecule has 0 amide bonds. The highest BCUT2D eigenvalue weighted by atomic mass is 16.5. The van der Waals surface area contributed by atoms with Gasteiger partial charge in [0.15, 0.2) is 11.0 Å². The fraction of sp³-hybridized carbons (Fsp3) is 0.107. The largest absolute Gasteiger partial charge is 0.425 e. The summed E-state index contributed by atoms with van der Waals surface area (Å²) in [4.78, 5) is 0. The number of aryl methyl sites for hydroxylation is 2. The fourth-order valence-corrected chi connectivity index (χ4v) is 5.09. The van der Waals surface area contributed by atoms with Crippen LogP contribution in [0.5, 0.6) is 0 Å². The van der Waals surface area contributed by atoms with Crippen LogP contribution in [0.3, 0.4) is 0 Å². The molecule has 3 heterocycles. The van der Waals surface area contributed by atoms with Crippen LogP contribution in [0.25, 0.3) is 60.6 Å². The third-order valence-corrected chi connectivity index (χ3v) is 6.84. The number of para-hydroxylation sites is 1. The van der Waals surface area contributed by atoms with Gasteiger partial charge < -0.3 is 8.83 Å². The number of nitrogens with zero attached hydrogens (tertiary/aromatic N) is 2. The molecule has 0 N–H and O–H groups in total. The standard InChI is InChI=1S/C28H21N2O2/c1-16-8-4-7-11-22(16)30-17(2)29(3)23-15-26-21(14-24(23)30)27-20-12-18-9-5-6-10-19(18)13-25(20)31-28(27)32-26/h4-15H,1-3H3/q+1. The maximum Gasteiger partial charge on any atom is 0.299 e. The van der Waals surface area contributed by atoms with Gasteiger partial charge >= 0.3 is 0 Å². The van der Waals surface area contributed by atoms with Crippen molar-refractivity contribution in [2.24, 2.45) is 7.05 Å². The maximum atomic E-state index is 6.22. The zero-order chi connectivity index (χ0) is 21.6. The van der Waals surface area contributed by atoms with Crippen molar-refractivity contribution >= 4 is 54.9 Å². The van der Waals surface area contributed by atoms with E-state index in [0.29, 0.717) is 5.78 Å². The third-order valence-electron chi connectivity index (χ3n) is 6.84. The lowest BCUT2D eigenvalue weighted by atomic mass is 10.1. The van der Waals surface area contributed by atoms with Crippen LogP contribution < -0.4 is 4.57 Å². The number of hydrogen-bond donors (Lipinski definition) is 0. The minimum Gasteiger partial charge on any atom is -0.425 e. The number of fused-ring (bicyclic) bond motifs is 7. The molecule has 0 saturated heterocycles. The SMILES string of the molecule is Cc1ccccc1-n1c(C)[n+](C)c2cc3oc4oc5cc6ccccc6cc5c4c3cc21. The molecular weight excluding hydrogens is 396 g/mol. The molecule has 0 aliphatic rings. The van der Waals surface area contributed by atoms with Crippen LogP contribution in [0.15, 0.2) is 81.6 Å². The minimum atomic E-state index is 0.583. The lowest BCUT2D eigenvalue weighted by Crippen LogP contribution is -2.30. The van der Waals surface area contributed by atoms with E-state index in [9.17, 15) is 0 Å². The van der Waals surface area contributed by atoms with Gasteiger partial charge in [0.05, 0.1) is 12.4 Å². The van der Waals surface area contributed by atoms with Crippen molar-refractivity contribution in [2.75, 3.05) is 0 Å². The number of hydrogen-bond acceptors (Lipinski definition) is 2. The lowest BCUT2D eigenvalue weighted by molar-refractivity contribution is -0.652. The minimum absolute atomic E-state index is 0.583. The van der Waals surface area contributed by atoms with E-state index < -0.39 is 0 Å². The zero-order valence-corrected chi connectivity index (χ0v) is 18.1. The molecule has 154 valence electrons. The predicted octanol–water partition coefficient (Wildman–Crippen LogP) is 6.87. The highest BCUT2D eigenvalue weighted by Gasteiger charge is 2.25. The van der Waals surface area contributed by atoms with Crippen LogP contribution in [-0.2, 0) is 7.05 Å². The van der Waals surface area contributed by atoms with Gasteiger partial charge in [-0.05, 0) is 41.5 Å². The van der Waals surface area contributed by atoms with Crippen molar-refractivity contribution in [3.8, 4) is 5.69 Å². The Morgan fingerprint density at radius 3 is 2.19 bits per heavy atom. The molecule has 0 bridgehead atoms. The first-order chi connectivity index (χ1) is 15.6. The average molecular weight is 417 g/mol. The number of furan rings is 2. The molecule has 4 nitrogen and oxygen atoms in total. The molecule has 4 heteroatoms. The van der Waals surface area contributed by atoms with Crippen LogP contribution in [-0.4, -0.2) is 4.57 Å². The Kier molecular flexibility index (Phi) is 3.31. The molecule has 3 aromatic heterocycles. The van der Waals surface area contributed by atoms with E-state index in [0.717, 1.165) is 38.4 Å². The van der Waals surface area contributed by atoms with E-state index in [1.165, 1.54) is 27.8 Å². The van der Waals surface area contributed by atoms with Crippen molar-refractivity contribution in [1.29, 1.82) is 0 Å². The monoisotopic (exact) mass is 417 g/mol. The summed E-state index contributed by atoms with van der Waals surface area (Å²) in [5.41, 5.74) is 6.42. The van der Waals surface area contributed by atoms with E-state index in [1.807, 2.05) is 0 Å². The Morgan fingerprint density at radius 1 is 0.750 bits per heavy atom. The first-order valence-electron chi connectivity index (χ1n) is 10.8. The quantitative estimate of drug-likeness (QED) is 0.273. The van der Waals surface area contributed by atoms with Gasteiger partial charge in [0, 0.05) is 29.8 Å². The number of benzene rings is 4. The van der Waals surface area contributed by atoms with Gasteiger partial charge in [-0.3, -0.25) is 0 Å². The van der Waals surface area contributed by atoms with E-state index in [1.54, 1.807) is 0 Å². The number of imidazole rings is 1. The summed E-state index contributed by atoms with van der Waals surface area (Å²) in [6.07, 6.45) is 0. The van der Waals surface area contributed by atoms with Gasteiger partial charge in [-0.25, -0.2) is 4.57 Å². The van der Waals surface area contributed by atoms with Crippen LogP contribution in [0.2, 0.25) is 0 Å². The second-order valence-corrected chi connectivity index (χ2v) is 8.63. The van der Waals surface area contributed by atoms with Crippen LogP contribution >= 0.6 is 0 Å². The number of rotatable bonds is 1. The summed E-state index contributed by atoms with van der Waals surface area (Å²) in [6.45, 7) is 4.31. The number of aromatic nitrogens is 2. The first kappa shape index (κ1) is 17.6. The lowest BCUT2D eigenvalue weighted by Gasteiger charge is -2.03.